The Morgan fingerprint density at radius 1 is 1.48 bits per heavy atom. The molecule has 0 unspecified atom stereocenters. The van der Waals surface area contributed by atoms with Gasteiger partial charge in [-0.05, 0) is 12.1 Å². The average molecular weight is 297 g/mol. The van der Waals surface area contributed by atoms with Crippen LogP contribution in [0.1, 0.15) is 10.4 Å². The summed E-state index contributed by atoms with van der Waals surface area (Å²) in [6, 6.07) is 2.77. The van der Waals surface area contributed by atoms with E-state index in [1.807, 2.05) is 0 Å². The van der Waals surface area contributed by atoms with Gasteiger partial charge in [-0.3, -0.25) is 4.98 Å². The van der Waals surface area contributed by atoms with Gasteiger partial charge in [0.2, 0.25) is 11.9 Å². The zero-order chi connectivity index (χ0) is 15.6. The number of ether oxygens (including phenoxy) is 2. The molecule has 0 aliphatic carbocycles. The molecular weight excluding hydrogens is 286 g/mol. The van der Waals surface area contributed by atoms with E-state index in [9.17, 15) is 24.9 Å². The van der Waals surface area contributed by atoms with Gasteiger partial charge >= 0.3 is 11.9 Å². The predicted molar refractivity (Wildman–Crippen MR) is 63.9 cm³/mol. The average Bonchev–Trinajstić information content (AvgIpc) is 2.76. The summed E-state index contributed by atoms with van der Waals surface area (Å²) < 4.78 is 9.13. The van der Waals surface area contributed by atoms with Crippen LogP contribution in [0.15, 0.2) is 36.0 Å². The SMILES string of the molecule is O=C1O[C@H]([C@@](O)(CO)OC(=O)c2cccnc2)C(O)=C1O. The molecule has 1 aromatic rings. The molecule has 0 amide bonds. The number of aliphatic hydroxyl groups is 4. The number of esters is 2. The van der Waals surface area contributed by atoms with Gasteiger partial charge in [-0.1, -0.05) is 0 Å². The highest BCUT2D eigenvalue weighted by molar-refractivity contribution is 5.90. The van der Waals surface area contributed by atoms with E-state index in [1.165, 1.54) is 18.3 Å². The Labute approximate surface area is 117 Å². The monoisotopic (exact) mass is 297 g/mol. The number of aliphatic hydroxyl groups excluding tert-OH is 3. The van der Waals surface area contributed by atoms with Crippen molar-refractivity contribution in [2.75, 3.05) is 6.61 Å². The topological polar surface area (TPSA) is 146 Å². The molecule has 2 rings (SSSR count). The standard InChI is InChI=1S/C12H11NO8/c14-5-12(19,9-7(15)8(16)11(18)20-9)21-10(17)6-2-1-3-13-4-6/h1-4,9,14-16,19H,5H2/t9-,12+/m0/s1. The van der Waals surface area contributed by atoms with Crippen LogP contribution in [0.2, 0.25) is 0 Å². The molecule has 0 fully saturated rings. The highest BCUT2D eigenvalue weighted by Crippen LogP contribution is 2.29. The van der Waals surface area contributed by atoms with Gasteiger partial charge in [0.05, 0.1) is 5.56 Å². The molecule has 9 nitrogen and oxygen atoms in total. The summed E-state index contributed by atoms with van der Waals surface area (Å²) in [6.45, 7) is -1.19. The molecule has 1 aliphatic heterocycles. The smallest absolute Gasteiger partial charge is 0.378 e. The summed E-state index contributed by atoms with van der Waals surface area (Å²) in [5.74, 6) is -7.33. The summed E-state index contributed by atoms with van der Waals surface area (Å²) in [5.41, 5.74) is -0.0404. The number of aromatic nitrogens is 1. The summed E-state index contributed by atoms with van der Waals surface area (Å²) in [7, 11) is 0. The van der Waals surface area contributed by atoms with Crippen molar-refractivity contribution in [3.05, 3.63) is 41.6 Å². The van der Waals surface area contributed by atoms with Crippen molar-refractivity contribution >= 4 is 11.9 Å². The molecule has 0 saturated heterocycles. The number of hydrogen-bond donors (Lipinski definition) is 4. The summed E-state index contributed by atoms with van der Waals surface area (Å²) in [5, 5.41) is 37.9. The number of hydrogen-bond acceptors (Lipinski definition) is 9. The van der Waals surface area contributed by atoms with Crippen molar-refractivity contribution in [2.45, 2.75) is 11.9 Å². The van der Waals surface area contributed by atoms with Crippen LogP contribution in [-0.2, 0) is 14.3 Å². The molecule has 0 spiro atoms. The van der Waals surface area contributed by atoms with Crippen molar-refractivity contribution in [3.8, 4) is 0 Å². The van der Waals surface area contributed by atoms with E-state index in [0.29, 0.717) is 0 Å². The molecule has 21 heavy (non-hydrogen) atoms. The molecule has 0 saturated carbocycles. The molecule has 0 bridgehead atoms. The van der Waals surface area contributed by atoms with Crippen LogP contribution in [0.3, 0.4) is 0 Å². The number of carbonyl (C=O) groups is 2. The third kappa shape index (κ3) is 2.64. The van der Waals surface area contributed by atoms with E-state index >= 15 is 0 Å². The summed E-state index contributed by atoms with van der Waals surface area (Å²) in [4.78, 5) is 26.6. The van der Waals surface area contributed by atoms with Crippen molar-refractivity contribution in [2.24, 2.45) is 0 Å². The highest BCUT2D eigenvalue weighted by atomic mass is 16.7. The Morgan fingerprint density at radius 3 is 2.67 bits per heavy atom. The van der Waals surface area contributed by atoms with Gasteiger partial charge in [-0.15, -0.1) is 0 Å². The van der Waals surface area contributed by atoms with E-state index in [-0.39, 0.29) is 5.56 Å². The number of carbonyl (C=O) groups excluding carboxylic acids is 2. The Kier molecular flexibility index (Phi) is 3.78. The maximum Gasteiger partial charge on any atom is 0.378 e. The largest absolute Gasteiger partial charge is 0.505 e. The second kappa shape index (κ2) is 5.38. The summed E-state index contributed by atoms with van der Waals surface area (Å²) in [6.07, 6.45) is 0.615. The van der Waals surface area contributed by atoms with Crippen molar-refractivity contribution < 1.29 is 39.5 Å². The number of pyridine rings is 1. The van der Waals surface area contributed by atoms with Crippen LogP contribution < -0.4 is 0 Å². The minimum absolute atomic E-state index is 0.0404. The maximum atomic E-state index is 11.8. The molecule has 9 heteroatoms. The minimum Gasteiger partial charge on any atom is -0.505 e. The normalized spacial score (nSPS) is 20.9. The van der Waals surface area contributed by atoms with Gasteiger partial charge < -0.3 is 29.9 Å². The molecule has 2 atom stereocenters. The second-order valence-corrected chi connectivity index (χ2v) is 4.15. The Bertz CT molecular complexity index is 599. The fourth-order valence-electron chi connectivity index (χ4n) is 1.62. The highest BCUT2D eigenvalue weighted by Gasteiger charge is 2.52. The maximum absolute atomic E-state index is 11.8. The zero-order valence-corrected chi connectivity index (χ0v) is 10.5. The van der Waals surface area contributed by atoms with Crippen molar-refractivity contribution in [1.29, 1.82) is 0 Å². The summed E-state index contributed by atoms with van der Waals surface area (Å²) >= 11 is 0. The Balaban J connectivity index is 2.23. The number of rotatable bonds is 4. The molecule has 1 aliphatic rings. The van der Waals surface area contributed by atoms with E-state index in [2.05, 4.69) is 14.5 Å². The van der Waals surface area contributed by atoms with E-state index in [4.69, 9.17) is 5.11 Å². The molecular formula is C12H11NO8. The van der Waals surface area contributed by atoms with Crippen LogP contribution in [0, 0.1) is 0 Å². The lowest BCUT2D eigenvalue weighted by atomic mass is 10.1. The van der Waals surface area contributed by atoms with Crippen LogP contribution in [0.25, 0.3) is 0 Å². The first-order valence-corrected chi connectivity index (χ1v) is 5.68. The predicted octanol–water partition coefficient (Wildman–Crippen LogP) is -0.828. The van der Waals surface area contributed by atoms with Gasteiger partial charge in [0.25, 0.3) is 5.79 Å². The molecule has 0 radical (unpaired) electrons. The minimum atomic E-state index is -2.75. The van der Waals surface area contributed by atoms with Gasteiger partial charge in [-0.2, -0.15) is 0 Å². The lowest BCUT2D eigenvalue weighted by Crippen LogP contribution is -2.50. The quantitative estimate of drug-likeness (QED) is 0.413. The van der Waals surface area contributed by atoms with E-state index < -0.39 is 42.0 Å². The van der Waals surface area contributed by atoms with Gasteiger partial charge in [0, 0.05) is 12.4 Å². The fraction of sp³-hybridized carbons (Fsp3) is 0.250. The second-order valence-electron chi connectivity index (χ2n) is 4.15. The van der Waals surface area contributed by atoms with Gasteiger partial charge in [0.15, 0.2) is 5.76 Å². The zero-order valence-electron chi connectivity index (χ0n) is 10.5. The van der Waals surface area contributed by atoms with E-state index in [0.717, 1.165) is 6.20 Å². The lowest BCUT2D eigenvalue weighted by Gasteiger charge is -2.29. The van der Waals surface area contributed by atoms with Crippen molar-refractivity contribution in [1.82, 2.24) is 4.98 Å². The fourth-order valence-corrected chi connectivity index (χ4v) is 1.62. The van der Waals surface area contributed by atoms with Crippen LogP contribution in [0.4, 0.5) is 0 Å². The van der Waals surface area contributed by atoms with Crippen molar-refractivity contribution in [3.63, 3.8) is 0 Å². The molecule has 2 heterocycles. The Morgan fingerprint density at radius 2 is 2.19 bits per heavy atom. The van der Waals surface area contributed by atoms with Crippen LogP contribution in [-0.4, -0.2) is 55.8 Å². The first-order chi connectivity index (χ1) is 9.89. The molecule has 1 aromatic heterocycles. The van der Waals surface area contributed by atoms with Gasteiger partial charge in [0.1, 0.15) is 6.61 Å². The lowest BCUT2D eigenvalue weighted by molar-refractivity contribution is -0.241. The van der Waals surface area contributed by atoms with E-state index in [1.54, 1.807) is 0 Å². The molecule has 112 valence electrons. The third-order valence-corrected chi connectivity index (χ3v) is 2.71. The third-order valence-electron chi connectivity index (χ3n) is 2.71. The first-order valence-electron chi connectivity index (χ1n) is 5.68. The number of cyclic esters (lactones) is 1. The number of nitrogens with zero attached hydrogens (tertiary/aromatic N) is 1. The van der Waals surface area contributed by atoms with Gasteiger partial charge in [-0.25, -0.2) is 9.59 Å². The van der Waals surface area contributed by atoms with Crippen LogP contribution in [0.5, 0.6) is 0 Å². The Hall–Kier alpha value is -2.65. The first kappa shape index (κ1) is 14.8. The molecule has 0 aromatic carbocycles. The molecule has 4 N–H and O–H groups in total. The van der Waals surface area contributed by atoms with Crippen LogP contribution >= 0.6 is 0 Å².